The van der Waals surface area contributed by atoms with Crippen molar-refractivity contribution in [3.05, 3.63) is 83.7 Å². The van der Waals surface area contributed by atoms with E-state index in [9.17, 15) is 18.0 Å². The first-order valence-electron chi connectivity index (χ1n) is 11.2. The summed E-state index contributed by atoms with van der Waals surface area (Å²) in [4.78, 5) is 31.4. The lowest BCUT2D eigenvalue weighted by Crippen LogP contribution is -2.40. The van der Waals surface area contributed by atoms with Crippen LogP contribution in [0.25, 0.3) is 0 Å². The fourth-order valence-electron chi connectivity index (χ4n) is 3.71. The fourth-order valence-corrected chi connectivity index (χ4v) is 4.82. The van der Waals surface area contributed by atoms with Crippen molar-refractivity contribution in [3.8, 4) is 5.75 Å². The Balaban J connectivity index is 1.57. The van der Waals surface area contributed by atoms with E-state index in [0.717, 1.165) is 5.56 Å². The molecule has 2 heterocycles. The maximum atomic E-state index is 13.3. The molecular weight excluding hydrogens is 484 g/mol. The molecule has 0 bridgehead atoms. The molecule has 0 spiro atoms. The number of carbonyl (C=O) groups is 2. The lowest BCUT2D eigenvalue weighted by molar-refractivity contribution is 0.0300. The molecule has 1 fully saturated rings. The Bertz CT molecular complexity index is 1340. The fraction of sp³-hybridized carbons (Fsp3) is 0.240. The summed E-state index contributed by atoms with van der Waals surface area (Å²) in [5.74, 6) is -0.530. The molecule has 188 valence electrons. The van der Waals surface area contributed by atoms with Gasteiger partial charge in [0, 0.05) is 32.0 Å². The molecular formula is C25H26N4O6S. The Morgan fingerprint density at radius 3 is 2.56 bits per heavy atom. The summed E-state index contributed by atoms with van der Waals surface area (Å²) in [6.07, 6.45) is 3.27. The van der Waals surface area contributed by atoms with Gasteiger partial charge < -0.3 is 19.7 Å². The van der Waals surface area contributed by atoms with Crippen LogP contribution in [-0.2, 0) is 21.3 Å². The lowest BCUT2D eigenvalue weighted by atomic mass is 10.1. The predicted octanol–water partition coefficient (Wildman–Crippen LogP) is 2.29. The highest BCUT2D eigenvalue weighted by atomic mass is 32.2. The average Bonchev–Trinajstić information content (AvgIpc) is 2.92. The highest BCUT2D eigenvalue weighted by Gasteiger charge is 2.25. The van der Waals surface area contributed by atoms with Crippen LogP contribution in [0, 0.1) is 0 Å². The van der Waals surface area contributed by atoms with Gasteiger partial charge >= 0.3 is 0 Å². The number of aromatic nitrogens is 1. The number of rotatable bonds is 8. The number of sulfonamides is 1. The van der Waals surface area contributed by atoms with E-state index >= 15 is 0 Å². The normalized spacial score (nSPS) is 13.6. The number of benzene rings is 2. The quantitative estimate of drug-likeness (QED) is 0.476. The molecule has 2 aromatic carbocycles. The van der Waals surface area contributed by atoms with Gasteiger partial charge in [-0.1, -0.05) is 18.2 Å². The zero-order chi connectivity index (χ0) is 25.5. The van der Waals surface area contributed by atoms with Crippen molar-refractivity contribution >= 4 is 27.5 Å². The molecule has 0 radical (unpaired) electrons. The SMILES string of the molecule is COc1ccc(S(=O)(=O)Nc2ccccc2C(=O)NCc2cccnc2)cc1C(=O)N1CCOCC1. The number of nitrogens with one attached hydrogen (secondary N) is 2. The number of hydrogen-bond acceptors (Lipinski definition) is 7. The van der Waals surface area contributed by atoms with E-state index in [4.69, 9.17) is 9.47 Å². The van der Waals surface area contributed by atoms with Crippen LogP contribution < -0.4 is 14.8 Å². The third-order valence-electron chi connectivity index (χ3n) is 5.60. The minimum Gasteiger partial charge on any atom is -0.496 e. The molecule has 0 aliphatic carbocycles. The molecule has 1 aliphatic rings. The minimum absolute atomic E-state index is 0.109. The van der Waals surface area contributed by atoms with Gasteiger partial charge in [0.2, 0.25) is 0 Å². The van der Waals surface area contributed by atoms with Gasteiger partial charge in [-0.25, -0.2) is 8.42 Å². The summed E-state index contributed by atoms with van der Waals surface area (Å²) < 4.78 is 39.6. The van der Waals surface area contributed by atoms with Crippen LogP contribution in [0.5, 0.6) is 5.75 Å². The molecule has 2 N–H and O–H groups in total. The molecule has 1 aromatic heterocycles. The maximum absolute atomic E-state index is 13.3. The Kier molecular flexibility index (Phi) is 7.81. The van der Waals surface area contributed by atoms with E-state index in [1.807, 2.05) is 6.07 Å². The van der Waals surface area contributed by atoms with Crippen LogP contribution in [0.4, 0.5) is 5.69 Å². The highest BCUT2D eigenvalue weighted by Crippen LogP contribution is 2.27. The number of methoxy groups -OCH3 is 1. The van der Waals surface area contributed by atoms with Crippen molar-refractivity contribution in [1.29, 1.82) is 0 Å². The van der Waals surface area contributed by atoms with Crippen LogP contribution in [0.3, 0.4) is 0 Å². The molecule has 2 amide bonds. The number of para-hydroxylation sites is 1. The van der Waals surface area contributed by atoms with Gasteiger partial charge in [0.05, 0.1) is 42.0 Å². The molecule has 10 nitrogen and oxygen atoms in total. The van der Waals surface area contributed by atoms with Gasteiger partial charge in [0.15, 0.2) is 0 Å². The standard InChI is InChI=1S/C25H26N4O6S/c1-34-23-9-8-19(15-21(23)25(31)29-11-13-35-14-12-29)36(32,33)28-22-7-3-2-6-20(22)24(30)27-17-18-5-4-10-26-16-18/h2-10,15-16,28H,11-14,17H2,1H3,(H,27,30). The molecule has 36 heavy (non-hydrogen) atoms. The summed E-state index contributed by atoms with van der Waals surface area (Å²) in [5, 5.41) is 2.77. The van der Waals surface area contributed by atoms with Gasteiger partial charge in [-0.3, -0.25) is 19.3 Å². The molecule has 0 atom stereocenters. The Labute approximate surface area is 209 Å². The molecule has 3 aromatic rings. The summed E-state index contributed by atoms with van der Waals surface area (Å²) in [6.45, 7) is 1.86. The van der Waals surface area contributed by atoms with Crippen LogP contribution in [0.15, 0.2) is 71.9 Å². The highest BCUT2D eigenvalue weighted by molar-refractivity contribution is 7.92. The zero-order valence-electron chi connectivity index (χ0n) is 19.6. The first kappa shape index (κ1) is 25.1. The van der Waals surface area contributed by atoms with Crippen molar-refractivity contribution in [1.82, 2.24) is 15.2 Å². The lowest BCUT2D eigenvalue weighted by Gasteiger charge is -2.27. The summed E-state index contributed by atoms with van der Waals surface area (Å²) in [5.41, 5.74) is 1.20. The molecule has 11 heteroatoms. The van der Waals surface area contributed by atoms with E-state index in [0.29, 0.717) is 26.3 Å². The van der Waals surface area contributed by atoms with E-state index in [-0.39, 0.29) is 39.9 Å². The molecule has 1 aliphatic heterocycles. The van der Waals surface area contributed by atoms with Crippen molar-refractivity contribution in [2.75, 3.05) is 38.1 Å². The van der Waals surface area contributed by atoms with E-state index in [1.54, 1.807) is 35.5 Å². The van der Waals surface area contributed by atoms with E-state index in [2.05, 4.69) is 15.0 Å². The minimum atomic E-state index is -4.14. The number of amides is 2. The first-order chi connectivity index (χ1) is 17.4. The molecule has 0 saturated carbocycles. The maximum Gasteiger partial charge on any atom is 0.261 e. The Hall–Kier alpha value is -3.96. The number of morpholine rings is 1. The largest absolute Gasteiger partial charge is 0.496 e. The summed E-state index contributed by atoms with van der Waals surface area (Å²) >= 11 is 0. The van der Waals surface area contributed by atoms with Crippen molar-refractivity contribution in [2.45, 2.75) is 11.4 Å². The third kappa shape index (κ3) is 5.81. The number of hydrogen-bond donors (Lipinski definition) is 2. The second-order valence-electron chi connectivity index (χ2n) is 7.96. The Morgan fingerprint density at radius 1 is 1.06 bits per heavy atom. The number of anilines is 1. The molecule has 4 rings (SSSR count). The smallest absolute Gasteiger partial charge is 0.261 e. The van der Waals surface area contributed by atoms with Gasteiger partial charge in [-0.05, 0) is 42.0 Å². The number of ether oxygens (including phenoxy) is 2. The second kappa shape index (κ2) is 11.2. The Morgan fingerprint density at radius 2 is 1.83 bits per heavy atom. The van der Waals surface area contributed by atoms with Gasteiger partial charge in [-0.15, -0.1) is 0 Å². The van der Waals surface area contributed by atoms with Crippen LogP contribution in [-0.4, -0.2) is 63.5 Å². The van der Waals surface area contributed by atoms with E-state index < -0.39 is 15.9 Å². The van der Waals surface area contributed by atoms with Crippen LogP contribution in [0.2, 0.25) is 0 Å². The van der Waals surface area contributed by atoms with Gasteiger partial charge in [0.25, 0.3) is 21.8 Å². The van der Waals surface area contributed by atoms with Gasteiger partial charge in [-0.2, -0.15) is 0 Å². The number of carbonyl (C=O) groups excluding carboxylic acids is 2. The first-order valence-corrected chi connectivity index (χ1v) is 12.7. The predicted molar refractivity (Wildman–Crippen MR) is 132 cm³/mol. The van der Waals surface area contributed by atoms with Crippen molar-refractivity contribution in [3.63, 3.8) is 0 Å². The second-order valence-corrected chi connectivity index (χ2v) is 9.64. The summed E-state index contributed by atoms with van der Waals surface area (Å²) in [7, 11) is -2.72. The topological polar surface area (TPSA) is 127 Å². The van der Waals surface area contributed by atoms with Crippen molar-refractivity contribution < 1.29 is 27.5 Å². The zero-order valence-corrected chi connectivity index (χ0v) is 20.5. The van der Waals surface area contributed by atoms with E-state index in [1.165, 1.54) is 37.4 Å². The number of pyridine rings is 1. The monoisotopic (exact) mass is 510 g/mol. The molecule has 1 saturated heterocycles. The van der Waals surface area contributed by atoms with Crippen molar-refractivity contribution in [2.24, 2.45) is 0 Å². The van der Waals surface area contributed by atoms with Gasteiger partial charge in [0.1, 0.15) is 5.75 Å². The molecule has 0 unspecified atom stereocenters. The number of nitrogens with zero attached hydrogens (tertiary/aromatic N) is 2. The van der Waals surface area contributed by atoms with Crippen LogP contribution in [0.1, 0.15) is 26.3 Å². The third-order valence-corrected chi connectivity index (χ3v) is 6.97. The summed E-state index contributed by atoms with van der Waals surface area (Å²) in [6, 6.07) is 13.9. The van der Waals surface area contributed by atoms with Crippen LogP contribution >= 0.6 is 0 Å². The average molecular weight is 511 g/mol.